The van der Waals surface area contributed by atoms with Crippen LogP contribution in [0, 0.1) is 0 Å². The van der Waals surface area contributed by atoms with E-state index in [-0.39, 0.29) is 24.4 Å². The quantitative estimate of drug-likeness (QED) is 0.834. The zero-order valence-electron chi connectivity index (χ0n) is 11.7. The Morgan fingerprint density at radius 3 is 2.68 bits per heavy atom. The highest BCUT2D eigenvalue weighted by atomic mass is 35.5. The van der Waals surface area contributed by atoms with Crippen LogP contribution in [0.2, 0.25) is 0 Å². The van der Waals surface area contributed by atoms with E-state index >= 15 is 0 Å². The lowest BCUT2D eigenvalue weighted by Crippen LogP contribution is -2.36. The number of carbonyl (C=O) groups is 1. The van der Waals surface area contributed by atoms with Crippen molar-refractivity contribution in [3.05, 3.63) is 30.1 Å². The molecule has 108 valence electrons. The van der Waals surface area contributed by atoms with Crippen molar-refractivity contribution in [3.8, 4) is 0 Å². The predicted octanol–water partition coefficient (Wildman–Crippen LogP) is 2.02. The van der Waals surface area contributed by atoms with Gasteiger partial charge >= 0.3 is 0 Å². The molecule has 0 fully saturated rings. The van der Waals surface area contributed by atoms with Gasteiger partial charge in [0.2, 0.25) is 5.91 Å². The van der Waals surface area contributed by atoms with Gasteiger partial charge in [-0.1, -0.05) is 13.0 Å². The molecule has 19 heavy (non-hydrogen) atoms. The van der Waals surface area contributed by atoms with E-state index in [4.69, 9.17) is 5.73 Å². The minimum Gasteiger partial charge on any atom is -0.342 e. The SMILES string of the molecule is CCCN(CCc1ccccn1)C(=O)CC(C)N.Cl. The Hall–Kier alpha value is -1.13. The molecule has 1 unspecified atom stereocenters. The maximum atomic E-state index is 12.0. The van der Waals surface area contributed by atoms with Gasteiger partial charge in [-0.05, 0) is 25.5 Å². The Morgan fingerprint density at radius 1 is 1.42 bits per heavy atom. The van der Waals surface area contributed by atoms with Crippen LogP contribution in [0.1, 0.15) is 32.4 Å². The van der Waals surface area contributed by atoms with Crippen LogP contribution < -0.4 is 5.73 Å². The highest BCUT2D eigenvalue weighted by Gasteiger charge is 2.14. The zero-order valence-corrected chi connectivity index (χ0v) is 12.5. The summed E-state index contributed by atoms with van der Waals surface area (Å²) in [7, 11) is 0. The van der Waals surface area contributed by atoms with E-state index in [0.29, 0.717) is 6.42 Å². The molecule has 0 bridgehead atoms. The molecule has 0 aliphatic rings. The lowest BCUT2D eigenvalue weighted by molar-refractivity contribution is -0.131. The molecule has 1 aromatic rings. The van der Waals surface area contributed by atoms with Crippen LogP contribution in [0.5, 0.6) is 0 Å². The molecule has 0 saturated carbocycles. The summed E-state index contributed by atoms with van der Waals surface area (Å²) in [6, 6.07) is 5.78. The highest BCUT2D eigenvalue weighted by Crippen LogP contribution is 2.02. The Labute approximate surface area is 121 Å². The third-order valence-corrected chi connectivity index (χ3v) is 2.71. The summed E-state index contributed by atoms with van der Waals surface area (Å²) < 4.78 is 0. The van der Waals surface area contributed by atoms with Crippen LogP contribution in [0.25, 0.3) is 0 Å². The number of halogens is 1. The third kappa shape index (κ3) is 7.13. The first kappa shape index (κ1) is 17.9. The number of carbonyl (C=O) groups excluding carboxylic acids is 1. The van der Waals surface area contributed by atoms with Crippen molar-refractivity contribution in [1.82, 2.24) is 9.88 Å². The van der Waals surface area contributed by atoms with Crippen LogP contribution in [0.3, 0.4) is 0 Å². The monoisotopic (exact) mass is 285 g/mol. The fourth-order valence-electron chi connectivity index (χ4n) is 1.83. The summed E-state index contributed by atoms with van der Waals surface area (Å²) in [5.74, 6) is 0.141. The second kappa shape index (κ2) is 9.75. The van der Waals surface area contributed by atoms with Crippen molar-refractivity contribution in [2.24, 2.45) is 5.73 Å². The third-order valence-electron chi connectivity index (χ3n) is 2.71. The summed E-state index contributed by atoms with van der Waals surface area (Å²) in [6.07, 6.45) is 3.96. The van der Waals surface area contributed by atoms with Crippen molar-refractivity contribution in [1.29, 1.82) is 0 Å². The van der Waals surface area contributed by atoms with Crippen molar-refractivity contribution >= 4 is 18.3 Å². The second-order valence-electron chi connectivity index (χ2n) is 4.63. The Balaban J connectivity index is 0.00000324. The molecule has 0 radical (unpaired) electrons. The normalized spacial score (nSPS) is 11.5. The smallest absolute Gasteiger partial charge is 0.224 e. The van der Waals surface area contributed by atoms with E-state index in [9.17, 15) is 4.79 Å². The molecule has 0 spiro atoms. The first-order valence-corrected chi connectivity index (χ1v) is 6.56. The first-order valence-electron chi connectivity index (χ1n) is 6.56. The Bertz CT molecular complexity index is 357. The number of nitrogens with zero attached hydrogens (tertiary/aromatic N) is 2. The van der Waals surface area contributed by atoms with Crippen LogP contribution in [-0.2, 0) is 11.2 Å². The van der Waals surface area contributed by atoms with Gasteiger partial charge in [-0.2, -0.15) is 0 Å². The fourth-order valence-corrected chi connectivity index (χ4v) is 1.83. The molecule has 1 atom stereocenters. The number of amides is 1. The first-order chi connectivity index (χ1) is 8.63. The number of nitrogens with two attached hydrogens (primary N) is 1. The highest BCUT2D eigenvalue weighted by molar-refractivity contribution is 5.85. The minimum atomic E-state index is -0.0771. The molecule has 0 aromatic carbocycles. The molecule has 0 aliphatic heterocycles. The molecule has 4 nitrogen and oxygen atoms in total. The van der Waals surface area contributed by atoms with Gasteiger partial charge in [-0.15, -0.1) is 12.4 Å². The lowest BCUT2D eigenvalue weighted by atomic mass is 10.2. The molecule has 5 heteroatoms. The predicted molar refractivity (Wildman–Crippen MR) is 80.3 cm³/mol. The summed E-state index contributed by atoms with van der Waals surface area (Å²) in [4.78, 5) is 18.1. The molecular formula is C14H24ClN3O. The summed E-state index contributed by atoms with van der Waals surface area (Å²) >= 11 is 0. The van der Waals surface area contributed by atoms with Crippen molar-refractivity contribution < 1.29 is 4.79 Å². The van der Waals surface area contributed by atoms with E-state index < -0.39 is 0 Å². The maximum absolute atomic E-state index is 12.0. The Kier molecular flexibility index (Phi) is 9.17. The van der Waals surface area contributed by atoms with Crippen LogP contribution in [0.15, 0.2) is 24.4 Å². The molecule has 0 saturated heterocycles. The van der Waals surface area contributed by atoms with Crippen LogP contribution >= 0.6 is 12.4 Å². The largest absolute Gasteiger partial charge is 0.342 e. The van der Waals surface area contributed by atoms with Gasteiger partial charge in [0.1, 0.15) is 0 Å². The average molecular weight is 286 g/mol. The zero-order chi connectivity index (χ0) is 13.4. The van der Waals surface area contributed by atoms with Crippen LogP contribution in [0.4, 0.5) is 0 Å². The van der Waals surface area contributed by atoms with Crippen LogP contribution in [-0.4, -0.2) is 34.9 Å². The van der Waals surface area contributed by atoms with Crippen molar-refractivity contribution in [2.45, 2.75) is 39.2 Å². The number of rotatable bonds is 7. The van der Waals surface area contributed by atoms with Gasteiger partial charge in [0.15, 0.2) is 0 Å². The lowest BCUT2D eigenvalue weighted by Gasteiger charge is -2.22. The molecule has 2 N–H and O–H groups in total. The van der Waals surface area contributed by atoms with Gasteiger partial charge < -0.3 is 10.6 Å². The number of aromatic nitrogens is 1. The van der Waals surface area contributed by atoms with Crippen molar-refractivity contribution in [3.63, 3.8) is 0 Å². The fraction of sp³-hybridized carbons (Fsp3) is 0.571. The van der Waals surface area contributed by atoms with E-state index in [1.54, 1.807) is 6.20 Å². The summed E-state index contributed by atoms with van der Waals surface area (Å²) in [5.41, 5.74) is 6.70. The summed E-state index contributed by atoms with van der Waals surface area (Å²) in [5, 5.41) is 0. The summed E-state index contributed by atoms with van der Waals surface area (Å²) in [6.45, 7) is 5.45. The standard InChI is InChI=1S/C14H23N3O.ClH/c1-3-9-17(14(18)11-12(2)15)10-7-13-6-4-5-8-16-13;/h4-6,8,12H,3,7,9-11,15H2,1-2H3;1H. The van der Waals surface area contributed by atoms with E-state index in [1.807, 2.05) is 30.0 Å². The van der Waals surface area contributed by atoms with Gasteiger partial charge in [-0.3, -0.25) is 9.78 Å². The van der Waals surface area contributed by atoms with Gasteiger partial charge in [0, 0.05) is 43.9 Å². The number of pyridine rings is 1. The van der Waals surface area contributed by atoms with Gasteiger partial charge in [0.25, 0.3) is 0 Å². The Morgan fingerprint density at radius 2 is 2.16 bits per heavy atom. The molecule has 1 amide bonds. The van der Waals surface area contributed by atoms with E-state index in [2.05, 4.69) is 11.9 Å². The van der Waals surface area contributed by atoms with Gasteiger partial charge in [0.05, 0.1) is 0 Å². The molecule has 1 rings (SSSR count). The molecule has 1 heterocycles. The number of hydrogen-bond acceptors (Lipinski definition) is 3. The number of hydrogen-bond donors (Lipinski definition) is 1. The van der Waals surface area contributed by atoms with Crippen molar-refractivity contribution in [2.75, 3.05) is 13.1 Å². The second-order valence-corrected chi connectivity index (χ2v) is 4.63. The molecule has 0 aliphatic carbocycles. The van der Waals surface area contributed by atoms with E-state index in [0.717, 1.165) is 31.6 Å². The molecule has 1 aromatic heterocycles. The average Bonchev–Trinajstić information content (AvgIpc) is 2.34. The topological polar surface area (TPSA) is 59.2 Å². The van der Waals surface area contributed by atoms with Gasteiger partial charge in [-0.25, -0.2) is 0 Å². The maximum Gasteiger partial charge on any atom is 0.224 e. The van der Waals surface area contributed by atoms with E-state index in [1.165, 1.54) is 0 Å². The molecular weight excluding hydrogens is 262 g/mol. The minimum absolute atomic E-state index is 0.